The number of fused-ring (bicyclic) bond motifs is 1. The molecule has 168 valence electrons. The number of aliphatic imine (C=N–C) groups is 1. The zero-order chi connectivity index (χ0) is 23.6. The maximum Gasteiger partial charge on any atom is 0.416 e. The van der Waals surface area contributed by atoms with E-state index in [9.17, 15) is 22.8 Å². The van der Waals surface area contributed by atoms with Gasteiger partial charge in [-0.3, -0.25) is 14.6 Å². The van der Waals surface area contributed by atoms with Crippen LogP contribution in [-0.2, 0) is 6.18 Å². The van der Waals surface area contributed by atoms with Crippen LogP contribution in [0.5, 0.6) is 0 Å². The van der Waals surface area contributed by atoms with Crippen LogP contribution in [0, 0.1) is 0 Å². The van der Waals surface area contributed by atoms with Gasteiger partial charge in [0.25, 0.3) is 11.5 Å². The summed E-state index contributed by atoms with van der Waals surface area (Å²) in [5, 5.41) is 6.86. The van der Waals surface area contributed by atoms with Crippen molar-refractivity contribution in [2.75, 3.05) is 12.8 Å². The molecule has 0 aliphatic rings. The minimum absolute atomic E-state index is 0.0917. The summed E-state index contributed by atoms with van der Waals surface area (Å²) >= 11 is 0. The Balaban J connectivity index is 2.03. The van der Waals surface area contributed by atoms with E-state index in [1.54, 1.807) is 0 Å². The molecule has 6 N–H and O–H groups in total. The minimum atomic E-state index is -4.59. The zero-order valence-corrected chi connectivity index (χ0v) is 17.1. The predicted octanol–water partition coefficient (Wildman–Crippen LogP) is 2.27. The third-order valence-corrected chi connectivity index (χ3v) is 4.65. The van der Waals surface area contributed by atoms with Crippen molar-refractivity contribution in [3.8, 4) is 0 Å². The summed E-state index contributed by atoms with van der Waals surface area (Å²) in [6.07, 6.45) is -0.725. The lowest BCUT2D eigenvalue weighted by Crippen LogP contribution is -2.32. The van der Waals surface area contributed by atoms with Gasteiger partial charge in [0.05, 0.1) is 22.5 Å². The molecule has 9 nitrogen and oxygen atoms in total. The molecule has 0 spiro atoms. The number of allylic oxidation sites excluding steroid dienone is 1. The number of aromatic nitrogens is 3. The Kier molecular flexibility index (Phi) is 6.05. The lowest BCUT2D eigenvalue weighted by Gasteiger charge is -2.17. The molecule has 2 aromatic heterocycles. The van der Waals surface area contributed by atoms with Crippen molar-refractivity contribution in [2.45, 2.75) is 19.1 Å². The minimum Gasteiger partial charge on any atom is -0.403 e. The molecule has 0 aliphatic heterocycles. The van der Waals surface area contributed by atoms with Gasteiger partial charge in [0.1, 0.15) is 5.70 Å². The first-order valence-electron chi connectivity index (χ1n) is 9.30. The average molecular weight is 447 g/mol. The molecule has 12 heteroatoms. The number of nitrogen functional groups attached to an aromatic ring is 1. The van der Waals surface area contributed by atoms with Gasteiger partial charge >= 0.3 is 6.18 Å². The molecule has 0 unspecified atom stereocenters. The summed E-state index contributed by atoms with van der Waals surface area (Å²) in [6.45, 7) is 1.50. The summed E-state index contributed by atoms with van der Waals surface area (Å²) in [5.41, 5.74) is 9.92. The molecule has 1 atom stereocenters. The van der Waals surface area contributed by atoms with Crippen LogP contribution in [0.1, 0.15) is 34.6 Å². The van der Waals surface area contributed by atoms with Gasteiger partial charge in [-0.05, 0) is 36.8 Å². The molecule has 0 saturated heterocycles. The number of carbonyl (C=O) groups excluding carboxylic acids is 1. The topological polar surface area (TPSA) is 144 Å². The number of nitrogens with one attached hydrogen (secondary N) is 2. The Morgan fingerprint density at radius 1 is 1.34 bits per heavy atom. The number of nitrogens with two attached hydrogens (primary N) is 2. The summed E-state index contributed by atoms with van der Waals surface area (Å²) in [6, 6.07) is 3.69. The number of halogens is 3. The molecular weight excluding hydrogens is 427 g/mol. The van der Waals surface area contributed by atoms with Crippen molar-refractivity contribution in [3.63, 3.8) is 0 Å². The van der Waals surface area contributed by atoms with Crippen molar-refractivity contribution in [1.29, 1.82) is 0 Å². The number of H-pyrrole nitrogens is 1. The van der Waals surface area contributed by atoms with Gasteiger partial charge in [-0.1, -0.05) is 0 Å². The van der Waals surface area contributed by atoms with Crippen LogP contribution in [0.2, 0.25) is 0 Å². The van der Waals surface area contributed by atoms with E-state index >= 15 is 0 Å². The van der Waals surface area contributed by atoms with Crippen LogP contribution in [-0.4, -0.2) is 33.9 Å². The first-order chi connectivity index (χ1) is 15.1. The molecule has 0 saturated carbocycles. The molecule has 0 radical (unpaired) electrons. The van der Waals surface area contributed by atoms with Crippen LogP contribution in [0.3, 0.4) is 0 Å². The van der Waals surface area contributed by atoms with Crippen molar-refractivity contribution in [3.05, 3.63) is 63.8 Å². The van der Waals surface area contributed by atoms with Gasteiger partial charge in [0.2, 0.25) is 0 Å². The average Bonchev–Trinajstić information content (AvgIpc) is 3.22. The molecule has 0 fully saturated rings. The number of alkyl halides is 3. The lowest BCUT2D eigenvalue weighted by atomic mass is 10.0. The van der Waals surface area contributed by atoms with E-state index in [-0.39, 0.29) is 33.5 Å². The van der Waals surface area contributed by atoms with E-state index < -0.39 is 29.2 Å². The highest BCUT2D eigenvalue weighted by Gasteiger charge is 2.31. The number of nitrogens with zero attached hydrogens (tertiary/aromatic N) is 3. The highest BCUT2D eigenvalue weighted by molar-refractivity contribution is 6.05. The number of amides is 1. The first kappa shape index (κ1) is 22.6. The zero-order valence-electron chi connectivity index (χ0n) is 17.1. The number of aromatic amines is 1. The number of carbonyl (C=O) groups is 1. The maximum absolute atomic E-state index is 13.1. The molecule has 0 aliphatic carbocycles. The Morgan fingerprint density at radius 3 is 2.69 bits per heavy atom. The van der Waals surface area contributed by atoms with Crippen LogP contribution >= 0.6 is 0 Å². The lowest BCUT2D eigenvalue weighted by molar-refractivity contribution is -0.137. The number of hydrogen-bond acceptors (Lipinski definition) is 6. The largest absolute Gasteiger partial charge is 0.416 e. The summed E-state index contributed by atoms with van der Waals surface area (Å²) < 4.78 is 40.3. The van der Waals surface area contributed by atoms with Crippen molar-refractivity contribution in [2.24, 2.45) is 10.7 Å². The number of anilines is 1. The first-order valence-corrected chi connectivity index (χ1v) is 9.30. The Labute approximate surface area is 179 Å². The van der Waals surface area contributed by atoms with Gasteiger partial charge < -0.3 is 21.8 Å². The van der Waals surface area contributed by atoms with Crippen LogP contribution < -0.4 is 22.3 Å². The fourth-order valence-corrected chi connectivity index (χ4v) is 3.13. The van der Waals surface area contributed by atoms with Crippen molar-refractivity contribution >= 4 is 34.4 Å². The Morgan fingerprint density at radius 2 is 2.06 bits per heavy atom. The predicted molar refractivity (Wildman–Crippen MR) is 115 cm³/mol. The van der Waals surface area contributed by atoms with Crippen LogP contribution in [0.4, 0.5) is 18.9 Å². The van der Waals surface area contributed by atoms with Gasteiger partial charge in [-0.2, -0.15) is 23.0 Å². The quantitative estimate of drug-likeness (QED) is 0.350. The van der Waals surface area contributed by atoms with E-state index in [4.69, 9.17) is 11.5 Å². The maximum atomic E-state index is 13.1. The SMILES string of the molecule is CN=CC(=CN)n1nc(C(=O)N[C@H](C)c2cc(N)cc(C(F)(F)F)c2)c2[nH]ccc2c1=O. The third-order valence-electron chi connectivity index (χ3n) is 4.65. The highest BCUT2D eigenvalue weighted by Crippen LogP contribution is 2.32. The second-order valence-electron chi connectivity index (χ2n) is 6.89. The fraction of sp³-hybridized carbons (Fsp3) is 0.200. The van der Waals surface area contributed by atoms with E-state index in [1.165, 1.54) is 38.5 Å². The summed E-state index contributed by atoms with van der Waals surface area (Å²) in [5.74, 6) is -0.723. The second kappa shape index (κ2) is 8.57. The molecule has 32 heavy (non-hydrogen) atoms. The molecule has 1 aromatic carbocycles. The van der Waals surface area contributed by atoms with E-state index in [2.05, 4.69) is 20.4 Å². The second-order valence-corrected chi connectivity index (χ2v) is 6.89. The third kappa shape index (κ3) is 4.33. The fourth-order valence-electron chi connectivity index (χ4n) is 3.13. The normalized spacial score (nSPS) is 13.6. The summed E-state index contributed by atoms with van der Waals surface area (Å²) in [7, 11) is 1.47. The van der Waals surface area contributed by atoms with Crippen molar-refractivity contribution in [1.82, 2.24) is 20.1 Å². The van der Waals surface area contributed by atoms with Gasteiger partial charge in [-0.15, -0.1) is 0 Å². The number of benzene rings is 1. The molecular formula is C20H20F3N7O2. The number of hydrogen-bond donors (Lipinski definition) is 4. The Bertz CT molecular complexity index is 1290. The standard InChI is InChI=1S/C20H20F3N7O2/c1-10(11-5-12(20(21,22)23)7-13(25)6-11)28-18(31)17-16-15(3-4-27-16)19(32)30(29-17)14(8-24)9-26-2/h3-10,27H,24-25H2,1-2H3,(H,28,31)/t10-/m1/s1. The van der Waals surface area contributed by atoms with E-state index in [0.717, 1.165) is 23.0 Å². The molecule has 3 rings (SSSR count). The molecule has 1 amide bonds. The summed E-state index contributed by atoms with van der Waals surface area (Å²) in [4.78, 5) is 32.3. The molecule has 0 bridgehead atoms. The van der Waals surface area contributed by atoms with Crippen molar-refractivity contribution < 1.29 is 18.0 Å². The van der Waals surface area contributed by atoms with Crippen LogP contribution in [0.25, 0.3) is 16.6 Å². The smallest absolute Gasteiger partial charge is 0.403 e. The molecule has 2 heterocycles. The van der Waals surface area contributed by atoms with Gasteiger partial charge in [0, 0.05) is 31.3 Å². The van der Waals surface area contributed by atoms with E-state index in [1.807, 2.05) is 0 Å². The molecule has 3 aromatic rings. The van der Waals surface area contributed by atoms with E-state index in [0.29, 0.717) is 0 Å². The monoisotopic (exact) mass is 447 g/mol. The van der Waals surface area contributed by atoms with Gasteiger partial charge in [0.15, 0.2) is 5.69 Å². The highest BCUT2D eigenvalue weighted by atomic mass is 19.4. The van der Waals surface area contributed by atoms with Gasteiger partial charge in [-0.25, -0.2) is 0 Å². The van der Waals surface area contributed by atoms with Crippen LogP contribution in [0.15, 0.2) is 46.4 Å². The number of rotatable bonds is 5. The Hall–Kier alpha value is -4.09.